The minimum atomic E-state index is -0.465. The van der Waals surface area contributed by atoms with E-state index in [2.05, 4.69) is 20.1 Å². The number of fused-ring (bicyclic) bond motifs is 1. The van der Waals surface area contributed by atoms with E-state index >= 15 is 0 Å². The number of carbonyl (C=O) groups is 2. The summed E-state index contributed by atoms with van der Waals surface area (Å²) < 4.78 is 5.49. The van der Waals surface area contributed by atoms with E-state index < -0.39 is 11.7 Å². The van der Waals surface area contributed by atoms with Gasteiger partial charge in [0.25, 0.3) is 11.7 Å². The molecule has 0 bridgehead atoms. The Morgan fingerprint density at radius 2 is 1.69 bits per heavy atom. The van der Waals surface area contributed by atoms with Crippen LogP contribution in [0.15, 0.2) is 60.7 Å². The van der Waals surface area contributed by atoms with Crippen molar-refractivity contribution in [2.75, 3.05) is 37.7 Å². The fourth-order valence-corrected chi connectivity index (χ4v) is 4.49. The first-order valence-corrected chi connectivity index (χ1v) is 11.8. The molecule has 1 aliphatic heterocycles. The summed E-state index contributed by atoms with van der Waals surface area (Å²) in [6.07, 6.45) is 0. The van der Waals surface area contributed by atoms with E-state index in [9.17, 15) is 9.59 Å². The minimum absolute atomic E-state index is 0.453. The molecule has 2 aromatic carbocycles. The summed E-state index contributed by atoms with van der Waals surface area (Å²) in [5.74, 6) is 0.652. The zero-order valence-electron chi connectivity index (χ0n) is 19.8. The van der Waals surface area contributed by atoms with Gasteiger partial charge in [-0.25, -0.2) is 0 Å². The van der Waals surface area contributed by atoms with Gasteiger partial charge in [0.1, 0.15) is 5.75 Å². The van der Waals surface area contributed by atoms with Gasteiger partial charge in [0, 0.05) is 48.3 Å². The summed E-state index contributed by atoms with van der Waals surface area (Å²) in [5, 5.41) is 9.57. The van der Waals surface area contributed by atoms with Crippen molar-refractivity contribution in [1.29, 1.82) is 0 Å². The first-order chi connectivity index (χ1) is 17.0. The summed E-state index contributed by atoms with van der Waals surface area (Å²) in [7, 11) is 0. The van der Waals surface area contributed by atoms with Gasteiger partial charge in [-0.2, -0.15) is 0 Å². The van der Waals surface area contributed by atoms with Gasteiger partial charge in [0.2, 0.25) is 0 Å². The highest BCUT2D eigenvalue weighted by Gasteiger charge is 2.30. The highest BCUT2D eigenvalue weighted by atomic mass is 16.5. The lowest BCUT2D eigenvalue weighted by Crippen LogP contribution is -2.51. The van der Waals surface area contributed by atoms with Crippen molar-refractivity contribution >= 4 is 28.4 Å². The quantitative estimate of drug-likeness (QED) is 0.341. The molecule has 0 atom stereocenters. The summed E-state index contributed by atoms with van der Waals surface area (Å²) in [6, 6.07) is 19.2. The van der Waals surface area contributed by atoms with Gasteiger partial charge in [-0.3, -0.25) is 9.59 Å². The van der Waals surface area contributed by atoms with Gasteiger partial charge in [-0.05, 0) is 56.3 Å². The fourth-order valence-electron chi connectivity index (χ4n) is 4.49. The molecule has 0 spiro atoms. The van der Waals surface area contributed by atoms with E-state index in [1.165, 1.54) is 0 Å². The van der Waals surface area contributed by atoms with Crippen molar-refractivity contribution in [3.63, 3.8) is 0 Å². The highest BCUT2D eigenvalue weighted by molar-refractivity contribution is 6.45. The second-order valence-corrected chi connectivity index (χ2v) is 8.51. The van der Waals surface area contributed by atoms with E-state index in [0.717, 1.165) is 33.7 Å². The Bertz CT molecular complexity index is 1350. The van der Waals surface area contributed by atoms with Gasteiger partial charge in [-0.1, -0.05) is 18.2 Å². The third-order valence-electron chi connectivity index (χ3n) is 6.32. The first-order valence-electron chi connectivity index (χ1n) is 11.8. The molecule has 0 saturated carbocycles. The molecule has 1 aliphatic rings. The average Bonchev–Trinajstić information content (AvgIpc) is 3.24. The maximum absolute atomic E-state index is 13.1. The Hall–Kier alpha value is -4.20. The van der Waals surface area contributed by atoms with Crippen LogP contribution < -0.4 is 9.64 Å². The third-order valence-corrected chi connectivity index (χ3v) is 6.32. The predicted molar refractivity (Wildman–Crippen MR) is 135 cm³/mol. The van der Waals surface area contributed by atoms with Crippen molar-refractivity contribution < 1.29 is 14.3 Å². The standard InChI is InChI=1S/C27H27N5O3/c1-3-35-20-10-8-19(9-11-20)22-12-13-24(30-29-22)31-14-16-32(17-15-31)27(34)26(33)25-18(2)28-23-7-5-4-6-21(23)25/h4-13,28H,3,14-17H2,1-2H3. The SMILES string of the molecule is CCOc1ccc(-c2ccc(N3CCN(C(=O)C(=O)c4c(C)[nH]c5ccccc45)CC3)nn2)cc1. The lowest BCUT2D eigenvalue weighted by atomic mass is 10.1. The number of aromatic nitrogens is 3. The maximum Gasteiger partial charge on any atom is 0.295 e. The molecule has 0 unspecified atom stereocenters. The van der Waals surface area contributed by atoms with E-state index in [4.69, 9.17) is 4.74 Å². The fraction of sp³-hybridized carbons (Fsp3) is 0.259. The molecular weight excluding hydrogens is 442 g/mol. The number of amides is 1. The van der Waals surface area contributed by atoms with Gasteiger partial charge >= 0.3 is 0 Å². The van der Waals surface area contributed by atoms with Crippen molar-refractivity contribution in [2.45, 2.75) is 13.8 Å². The molecule has 1 fully saturated rings. The van der Waals surface area contributed by atoms with Gasteiger partial charge in [0.05, 0.1) is 17.9 Å². The lowest BCUT2D eigenvalue weighted by molar-refractivity contribution is -0.126. The van der Waals surface area contributed by atoms with Crippen LogP contribution in [0.25, 0.3) is 22.2 Å². The number of para-hydroxylation sites is 1. The number of anilines is 1. The largest absolute Gasteiger partial charge is 0.494 e. The highest BCUT2D eigenvalue weighted by Crippen LogP contribution is 2.24. The number of hydrogen-bond donors (Lipinski definition) is 1. The molecule has 8 nitrogen and oxygen atoms in total. The van der Waals surface area contributed by atoms with Crippen molar-refractivity contribution in [1.82, 2.24) is 20.1 Å². The van der Waals surface area contributed by atoms with E-state index in [1.807, 2.05) is 74.5 Å². The summed E-state index contributed by atoms with van der Waals surface area (Å²) in [6.45, 7) is 6.49. The van der Waals surface area contributed by atoms with Crippen LogP contribution in [0.5, 0.6) is 5.75 Å². The number of nitrogens with one attached hydrogen (secondary N) is 1. The smallest absolute Gasteiger partial charge is 0.295 e. The van der Waals surface area contributed by atoms with Crippen LogP contribution in [0, 0.1) is 6.92 Å². The number of rotatable bonds is 6. The average molecular weight is 470 g/mol. The van der Waals surface area contributed by atoms with Crippen LogP contribution in [-0.4, -0.2) is 64.6 Å². The topological polar surface area (TPSA) is 91.4 Å². The van der Waals surface area contributed by atoms with Crippen LogP contribution >= 0.6 is 0 Å². The zero-order valence-corrected chi connectivity index (χ0v) is 19.8. The molecule has 1 N–H and O–H groups in total. The third kappa shape index (κ3) is 4.47. The zero-order chi connectivity index (χ0) is 24.4. The minimum Gasteiger partial charge on any atom is -0.494 e. The van der Waals surface area contributed by atoms with Gasteiger partial charge in [0.15, 0.2) is 5.82 Å². The Balaban J connectivity index is 1.22. The number of ether oxygens (including phenoxy) is 1. The number of H-pyrrole nitrogens is 1. The van der Waals surface area contributed by atoms with Crippen LogP contribution in [0.3, 0.4) is 0 Å². The molecule has 2 aromatic heterocycles. The van der Waals surface area contributed by atoms with Gasteiger partial charge < -0.3 is 19.5 Å². The van der Waals surface area contributed by atoms with E-state index in [1.54, 1.807) is 4.90 Å². The van der Waals surface area contributed by atoms with Crippen LogP contribution in [0.4, 0.5) is 5.82 Å². The molecule has 1 amide bonds. The number of hydrogen-bond acceptors (Lipinski definition) is 6. The molecule has 4 aromatic rings. The number of aryl methyl sites for hydroxylation is 1. The number of carbonyl (C=O) groups excluding carboxylic acids is 2. The number of benzene rings is 2. The van der Waals surface area contributed by atoms with Gasteiger partial charge in [-0.15, -0.1) is 10.2 Å². The molecule has 5 rings (SSSR count). The number of nitrogens with zero attached hydrogens (tertiary/aromatic N) is 4. The number of aromatic amines is 1. The van der Waals surface area contributed by atoms with Crippen LogP contribution in [0.1, 0.15) is 23.0 Å². The molecule has 8 heteroatoms. The Morgan fingerprint density at radius 3 is 2.37 bits per heavy atom. The second kappa shape index (κ2) is 9.58. The normalized spacial score (nSPS) is 13.8. The Kier molecular flexibility index (Phi) is 6.18. The second-order valence-electron chi connectivity index (χ2n) is 8.51. The molecule has 0 aliphatic carbocycles. The summed E-state index contributed by atoms with van der Waals surface area (Å²) >= 11 is 0. The Morgan fingerprint density at radius 1 is 0.943 bits per heavy atom. The number of ketones is 1. The first kappa shape index (κ1) is 22.6. The van der Waals surface area contributed by atoms with Crippen LogP contribution in [-0.2, 0) is 4.79 Å². The molecule has 35 heavy (non-hydrogen) atoms. The van der Waals surface area contributed by atoms with Crippen molar-refractivity contribution in [2.24, 2.45) is 0 Å². The van der Waals surface area contributed by atoms with E-state index in [-0.39, 0.29) is 0 Å². The van der Waals surface area contributed by atoms with Crippen molar-refractivity contribution in [3.05, 3.63) is 71.9 Å². The Labute approximate surface area is 203 Å². The molecule has 1 saturated heterocycles. The molecule has 3 heterocycles. The summed E-state index contributed by atoms with van der Waals surface area (Å²) in [5.41, 5.74) is 3.78. The van der Waals surface area contributed by atoms with Crippen LogP contribution in [0.2, 0.25) is 0 Å². The monoisotopic (exact) mass is 469 g/mol. The number of piperazine rings is 1. The number of Topliss-reactive ketones (excluding diaryl/α,β-unsaturated/α-hetero) is 1. The van der Waals surface area contributed by atoms with Crippen molar-refractivity contribution in [3.8, 4) is 17.0 Å². The lowest BCUT2D eigenvalue weighted by Gasteiger charge is -2.34. The molecule has 178 valence electrons. The maximum atomic E-state index is 13.1. The molecule has 0 radical (unpaired) electrons. The van der Waals surface area contributed by atoms with E-state index in [0.29, 0.717) is 44.0 Å². The summed E-state index contributed by atoms with van der Waals surface area (Å²) in [4.78, 5) is 33.0. The molecular formula is C27H27N5O3. The predicted octanol–water partition coefficient (Wildman–Crippen LogP) is 3.86.